The van der Waals surface area contributed by atoms with Gasteiger partial charge in [-0.3, -0.25) is 21.0 Å². The average molecular weight is 358 g/mol. The molecule has 1 aromatic heterocycles. The summed E-state index contributed by atoms with van der Waals surface area (Å²) in [5.74, 6) is 0.224. The van der Waals surface area contributed by atoms with Gasteiger partial charge in [-0.2, -0.15) is 0 Å². The third kappa shape index (κ3) is 3.76. The summed E-state index contributed by atoms with van der Waals surface area (Å²) in [6, 6.07) is 14.0. The highest BCUT2D eigenvalue weighted by atomic mass is 35.5. The first-order valence-electron chi connectivity index (χ1n) is 6.96. The van der Waals surface area contributed by atoms with Gasteiger partial charge >= 0.3 is 0 Å². The molecule has 3 N–H and O–H groups in total. The van der Waals surface area contributed by atoms with Crippen LogP contribution in [-0.4, -0.2) is 21.0 Å². The summed E-state index contributed by atoms with van der Waals surface area (Å²) in [5.41, 5.74) is 6.87. The highest BCUT2D eigenvalue weighted by Crippen LogP contribution is 2.17. The number of hydrazine groups is 1. The number of thiocarbonyl (C=S) groups is 1. The highest BCUT2D eigenvalue weighted by molar-refractivity contribution is 7.80. The Morgan fingerprint density at radius 1 is 1.04 bits per heavy atom. The topological polar surface area (TPSA) is 78.9 Å². The van der Waals surface area contributed by atoms with Gasteiger partial charge in [0, 0.05) is 16.0 Å². The van der Waals surface area contributed by atoms with E-state index in [1.165, 1.54) is 6.33 Å². The van der Waals surface area contributed by atoms with Gasteiger partial charge in [-0.05, 0) is 48.6 Å². The highest BCUT2D eigenvalue weighted by Gasteiger charge is 2.08. The number of hydrogen-bond acceptors (Lipinski definition) is 5. The molecular weight excluding hydrogens is 346 g/mol. The number of aromatic nitrogens is 2. The molecule has 0 fully saturated rings. The fourth-order valence-electron chi connectivity index (χ4n) is 2.03. The Morgan fingerprint density at radius 2 is 1.79 bits per heavy atom. The van der Waals surface area contributed by atoms with Crippen molar-refractivity contribution in [2.75, 3.05) is 5.43 Å². The Hall–Kier alpha value is -2.77. The zero-order chi connectivity index (χ0) is 16.9. The number of halogens is 1. The minimum atomic E-state index is -0.335. The lowest BCUT2D eigenvalue weighted by molar-refractivity contribution is 0.0977. The molecule has 120 valence electrons. The number of nitrogens with one attached hydrogen (secondary N) is 3. The molecular formula is C16H12ClN5OS. The normalized spacial score (nSPS) is 10.2. The number of amides is 1. The molecule has 1 heterocycles. The largest absolute Gasteiger partial charge is 0.298 e. The molecule has 0 radical (unpaired) electrons. The quantitative estimate of drug-likeness (QED) is 0.494. The van der Waals surface area contributed by atoms with Crippen molar-refractivity contribution in [2.45, 2.75) is 0 Å². The third-order valence-corrected chi connectivity index (χ3v) is 3.63. The lowest BCUT2D eigenvalue weighted by atomic mass is 10.2. The van der Waals surface area contributed by atoms with Gasteiger partial charge in [0.1, 0.15) is 6.33 Å². The molecule has 8 heteroatoms. The van der Waals surface area contributed by atoms with Gasteiger partial charge in [0.05, 0.1) is 5.52 Å². The Labute approximate surface area is 148 Å². The van der Waals surface area contributed by atoms with Crippen LogP contribution in [0.2, 0.25) is 5.02 Å². The van der Waals surface area contributed by atoms with Crippen LogP contribution in [0.5, 0.6) is 0 Å². The van der Waals surface area contributed by atoms with E-state index in [4.69, 9.17) is 23.8 Å². The van der Waals surface area contributed by atoms with E-state index in [0.717, 1.165) is 10.9 Å². The van der Waals surface area contributed by atoms with Gasteiger partial charge < -0.3 is 0 Å². The second-order valence-corrected chi connectivity index (χ2v) is 5.62. The van der Waals surface area contributed by atoms with Crippen LogP contribution in [0.15, 0.2) is 54.9 Å². The van der Waals surface area contributed by atoms with Crippen molar-refractivity contribution in [1.82, 2.24) is 20.7 Å². The predicted molar refractivity (Wildman–Crippen MR) is 97.8 cm³/mol. The van der Waals surface area contributed by atoms with Gasteiger partial charge in [-0.1, -0.05) is 23.7 Å². The molecule has 0 atom stereocenters. The van der Waals surface area contributed by atoms with E-state index < -0.39 is 0 Å². The fraction of sp³-hybridized carbons (Fsp3) is 0. The summed E-state index contributed by atoms with van der Waals surface area (Å²) in [6.07, 6.45) is 1.45. The van der Waals surface area contributed by atoms with E-state index in [1.807, 2.05) is 24.3 Å². The number of fused-ring (bicyclic) bond motifs is 1. The molecule has 6 nitrogen and oxygen atoms in total. The molecule has 1 amide bonds. The van der Waals surface area contributed by atoms with Gasteiger partial charge in [-0.25, -0.2) is 9.97 Å². The minimum Gasteiger partial charge on any atom is -0.298 e. The first kappa shape index (κ1) is 16.1. The second-order valence-electron chi connectivity index (χ2n) is 4.78. The van der Waals surface area contributed by atoms with Gasteiger partial charge in [-0.15, -0.1) is 0 Å². The van der Waals surface area contributed by atoms with E-state index in [9.17, 15) is 4.79 Å². The van der Waals surface area contributed by atoms with Crippen molar-refractivity contribution in [3.63, 3.8) is 0 Å². The molecule has 0 aliphatic heterocycles. The van der Waals surface area contributed by atoms with Crippen LogP contribution in [-0.2, 0) is 0 Å². The second kappa shape index (κ2) is 7.20. The molecule has 2 aromatic carbocycles. The molecule has 0 saturated heterocycles. The smallest absolute Gasteiger partial charge is 0.257 e. The molecule has 3 rings (SSSR count). The maximum atomic E-state index is 12.1. The lowest BCUT2D eigenvalue weighted by Gasteiger charge is -2.12. The maximum absolute atomic E-state index is 12.1. The van der Waals surface area contributed by atoms with E-state index in [0.29, 0.717) is 16.4 Å². The van der Waals surface area contributed by atoms with Crippen molar-refractivity contribution in [3.05, 3.63) is 65.4 Å². The lowest BCUT2D eigenvalue weighted by Crippen LogP contribution is -2.42. The van der Waals surface area contributed by atoms with Crippen LogP contribution in [0, 0.1) is 0 Å². The number of rotatable bonds is 3. The first-order valence-corrected chi connectivity index (χ1v) is 7.75. The Morgan fingerprint density at radius 3 is 2.58 bits per heavy atom. The van der Waals surface area contributed by atoms with Gasteiger partial charge in [0.25, 0.3) is 5.91 Å². The van der Waals surface area contributed by atoms with Gasteiger partial charge in [0.15, 0.2) is 10.9 Å². The van der Waals surface area contributed by atoms with Crippen LogP contribution < -0.4 is 16.2 Å². The molecule has 0 saturated carbocycles. The zero-order valence-electron chi connectivity index (χ0n) is 12.3. The Kier molecular flexibility index (Phi) is 4.83. The standard InChI is InChI=1S/C16H12ClN5OS/c17-11-7-5-10(6-8-11)15(23)20-16(24)22-21-14-12-3-1-2-4-13(12)18-9-19-14/h1-9H,(H,18,19,21)(H2,20,22,23,24). The number of para-hydroxylation sites is 1. The van der Waals surface area contributed by atoms with Crippen molar-refractivity contribution in [3.8, 4) is 0 Å². The average Bonchev–Trinajstić information content (AvgIpc) is 2.60. The summed E-state index contributed by atoms with van der Waals surface area (Å²) in [6.45, 7) is 0. The summed E-state index contributed by atoms with van der Waals surface area (Å²) in [7, 11) is 0. The maximum Gasteiger partial charge on any atom is 0.257 e. The molecule has 0 unspecified atom stereocenters. The van der Waals surface area contributed by atoms with E-state index in [2.05, 4.69) is 26.1 Å². The molecule has 0 aliphatic carbocycles. The summed E-state index contributed by atoms with van der Waals surface area (Å²) in [5, 5.41) is 4.08. The SMILES string of the molecule is O=C(NC(=S)NNc1ncnc2ccccc12)c1ccc(Cl)cc1. The summed E-state index contributed by atoms with van der Waals surface area (Å²) in [4.78, 5) is 20.4. The van der Waals surface area contributed by atoms with E-state index >= 15 is 0 Å². The molecule has 0 spiro atoms. The number of benzene rings is 2. The predicted octanol–water partition coefficient (Wildman–Crippen LogP) is 2.91. The molecule has 24 heavy (non-hydrogen) atoms. The van der Waals surface area contributed by atoms with Crippen LogP contribution in [0.1, 0.15) is 10.4 Å². The number of carbonyl (C=O) groups excluding carboxylic acids is 1. The third-order valence-electron chi connectivity index (χ3n) is 3.17. The number of hydrogen-bond donors (Lipinski definition) is 3. The Balaban J connectivity index is 1.63. The van der Waals surface area contributed by atoms with E-state index in [1.54, 1.807) is 24.3 Å². The molecule has 0 aliphatic rings. The van der Waals surface area contributed by atoms with Crippen LogP contribution in [0.4, 0.5) is 5.82 Å². The van der Waals surface area contributed by atoms with Crippen molar-refractivity contribution in [1.29, 1.82) is 0 Å². The summed E-state index contributed by atoms with van der Waals surface area (Å²) >= 11 is 10.9. The van der Waals surface area contributed by atoms with Crippen LogP contribution in [0.3, 0.4) is 0 Å². The van der Waals surface area contributed by atoms with Gasteiger partial charge in [0.2, 0.25) is 0 Å². The summed E-state index contributed by atoms with van der Waals surface area (Å²) < 4.78 is 0. The van der Waals surface area contributed by atoms with Crippen molar-refractivity contribution in [2.24, 2.45) is 0 Å². The zero-order valence-corrected chi connectivity index (χ0v) is 13.9. The van der Waals surface area contributed by atoms with E-state index in [-0.39, 0.29) is 11.0 Å². The van der Waals surface area contributed by atoms with Crippen molar-refractivity contribution >= 4 is 51.6 Å². The van der Waals surface area contributed by atoms with Crippen molar-refractivity contribution < 1.29 is 4.79 Å². The Bertz CT molecular complexity index is 895. The number of nitrogens with zero attached hydrogens (tertiary/aromatic N) is 2. The van der Waals surface area contributed by atoms with Crippen LogP contribution >= 0.6 is 23.8 Å². The first-order chi connectivity index (χ1) is 11.6. The fourth-order valence-corrected chi connectivity index (χ4v) is 2.30. The molecule has 3 aromatic rings. The van der Waals surface area contributed by atoms with Crippen LogP contribution in [0.25, 0.3) is 10.9 Å². The molecule has 0 bridgehead atoms. The minimum absolute atomic E-state index is 0.123. The number of carbonyl (C=O) groups is 1. The number of anilines is 1. The monoisotopic (exact) mass is 357 g/mol.